The Morgan fingerprint density at radius 2 is 1.83 bits per heavy atom. The smallest absolute Gasteiger partial charge is 0.485 e. The van der Waals surface area contributed by atoms with E-state index in [0.29, 0.717) is 0 Å². The molecule has 72 valence electrons. The van der Waals surface area contributed by atoms with E-state index in [4.69, 9.17) is 14.4 Å². The molecule has 4 nitrogen and oxygen atoms in total. The first-order chi connectivity index (χ1) is 5.66. The molecule has 1 atom stereocenters. The highest BCUT2D eigenvalue weighted by molar-refractivity contribution is 7.29. The van der Waals surface area contributed by atoms with Gasteiger partial charge in [-0.2, -0.15) is 4.89 Å². The van der Waals surface area contributed by atoms with Crippen LogP contribution in [0.3, 0.4) is 0 Å². The summed E-state index contributed by atoms with van der Waals surface area (Å²) < 4.78 is 8.59. The first-order valence-electron chi connectivity index (χ1n) is 4.33. The van der Waals surface area contributed by atoms with Crippen LogP contribution in [0, 0.1) is 0 Å². The van der Waals surface area contributed by atoms with E-state index in [1.54, 1.807) is 4.90 Å². The van der Waals surface area contributed by atoms with Crippen LogP contribution in [0.4, 0.5) is 0 Å². The number of hydrogen-bond donors (Lipinski definition) is 2. The summed E-state index contributed by atoms with van der Waals surface area (Å²) in [7, 11) is -3.12. The molecular formula is C7H17NO3P+. The van der Waals surface area contributed by atoms with Crippen LogP contribution in [0.15, 0.2) is 0 Å². The van der Waals surface area contributed by atoms with Crippen molar-refractivity contribution in [2.45, 2.75) is 26.2 Å². The molecule has 0 bridgehead atoms. The number of quaternary nitrogens is 1. The van der Waals surface area contributed by atoms with E-state index in [0.717, 1.165) is 0 Å². The summed E-state index contributed by atoms with van der Waals surface area (Å²) in [5, 5.41) is 0. The summed E-state index contributed by atoms with van der Waals surface area (Å²) in [5.41, 5.74) is 0. The van der Waals surface area contributed by atoms with Gasteiger partial charge in [0.05, 0.1) is 19.6 Å². The van der Waals surface area contributed by atoms with Crippen molar-refractivity contribution in [2.75, 3.05) is 19.6 Å². The van der Waals surface area contributed by atoms with Crippen LogP contribution in [0.5, 0.6) is 0 Å². The van der Waals surface area contributed by atoms with Crippen molar-refractivity contribution in [3.05, 3.63) is 0 Å². The van der Waals surface area contributed by atoms with E-state index in [2.05, 4.69) is 6.92 Å². The van der Waals surface area contributed by atoms with Gasteiger partial charge in [0, 0.05) is 0 Å². The number of piperidine rings is 1. The maximum absolute atomic E-state index is 8.59. The Morgan fingerprint density at radius 1 is 1.42 bits per heavy atom. The maximum atomic E-state index is 8.59. The fourth-order valence-electron chi connectivity index (χ4n) is 1.41. The third kappa shape index (κ3) is 8.08. The predicted molar refractivity (Wildman–Crippen MR) is 44.9 cm³/mol. The number of likely N-dealkylation sites (tertiary alicyclic amines) is 1. The molecule has 1 heterocycles. The lowest BCUT2D eigenvalue weighted by Gasteiger charge is -2.21. The Kier molecular flexibility index (Phi) is 7.61. The van der Waals surface area contributed by atoms with Crippen LogP contribution in [0.1, 0.15) is 26.2 Å². The number of rotatable bonds is 1. The fourth-order valence-corrected chi connectivity index (χ4v) is 1.41. The quantitative estimate of drug-likeness (QED) is 0.530. The zero-order chi connectivity index (χ0) is 9.40. The summed E-state index contributed by atoms with van der Waals surface area (Å²) in [4.78, 5) is 17.4. The molecule has 5 heteroatoms. The van der Waals surface area contributed by atoms with Gasteiger partial charge in [-0.3, -0.25) is 0 Å². The molecule has 0 aromatic heterocycles. The average molecular weight is 194 g/mol. The number of hydrogen-bond acceptors (Lipinski definition) is 2. The molecule has 0 aromatic carbocycles. The number of nitrogens with one attached hydrogen (secondary N) is 1. The summed E-state index contributed by atoms with van der Waals surface area (Å²) in [5.74, 6) is 0. The molecule has 1 rings (SSSR count). The Morgan fingerprint density at radius 3 is 2.08 bits per heavy atom. The molecule has 12 heavy (non-hydrogen) atoms. The van der Waals surface area contributed by atoms with E-state index in [1.807, 2.05) is 0 Å². The maximum Gasteiger partial charge on any atom is 0.485 e. The predicted octanol–water partition coefficient (Wildman–Crippen LogP) is -0.928. The minimum Gasteiger partial charge on any atom is -0.567 e. The van der Waals surface area contributed by atoms with Gasteiger partial charge in [0.25, 0.3) is 0 Å². The van der Waals surface area contributed by atoms with Crippen molar-refractivity contribution < 1.29 is 19.3 Å². The normalized spacial score (nSPS) is 19.4. The van der Waals surface area contributed by atoms with Crippen molar-refractivity contribution in [1.82, 2.24) is 0 Å². The summed E-state index contributed by atoms with van der Waals surface area (Å²) in [6.45, 7) is 6.47. The van der Waals surface area contributed by atoms with Gasteiger partial charge in [-0.25, -0.2) is 0 Å². The van der Waals surface area contributed by atoms with Crippen LogP contribution in [0.2, 0.25) is 0 Å². The first-order valence-corrected chi connectivity index (χ1v) is 5.46. The van der Waals surface area contributed by atoms with Crippen LogP contribution in [0.25, 0.3) is 0 Å². The molecule has 1 saturated heterocycles. The second kappa shape index (κ2) is 7.62. The molecular weight excluding hydrogens is 177 g/mol. The standard InChI is InChI=1S/C7H15N.HO3P/c1-2-8-6-4-3-5-7-8;1-4(2)3/h2-7H2,1H3;(H,1,2,3)/p+1. The minimum atomic E-state index is -3.12. The van der Waals surface area contributed by atoms with Crippen molar-refractivity contribution in [3.63, 3.8) is 0 Å². The average Bonchev–Trinajstić information content (AvgIpc) is 2.05. The lowest BCUT2D eigenvalue weighted by Crippen LogP contribution is -3.12. The second-order valence-corrected chi connectivity index (χ2v) is 3.38. The summed E-state index contributed by atoms with van der Waals surface area (Å²) in [6, 6.07) is 0. The molecule has 0 spiro atoms. The first kappa shape index (κ1) is 12.0. The molecule has 1 fully saturated rings. The summed E-state index contributed by atoms with van der Waals surface area (Å²) >= 11 is 0. The Bertz CT molecular complexity index is 122. The van der Waals surface area contributed by atoms with Gasteiger partial charge >= 0.3 is 8.25 Å². The van der Waals surface area contributed by atoms with Crippen LogP contribution in [-0.2, 0) is 4.57 Å². The lowest BCUT2D eigenvalue weighted by molar-refractivity contribution is -0.903. The topological polar surface area (TPSA) is 64.8 Å². The second-order valence-electron chi connectivity index (χ2n) is 2.90. The molecule has 1 aliphatic rings. The molecule has 2 N–H and O–H groups in total. The van der Waals surface area contributed by atoms with Gasteiger partial charge in [0.1, 0.15) is 0 Å². The highest BCUT2D eigenvalue weighted by Gasteiger charge is 2.09. The molecule has 0 amide bonds. The highest BCUT2D eigenvalue weighted by atomic mass is 31.1. The van der Waals surface area contributed by atoms with E-state index in [-0.39, 0.29) is 0 Å². The lowest BCUT2D eigenvalue weighted by atomic mass is 10.1. The SMILES string of the molecule is CC[NH+]1CCCCC1.O=[P+]([O-])O. The fraction of sp³-hybridized carbons (Fsp3) is 1.00. The molecule has 1 unspecified atom stereocenters. The molecule has 0 aromatic rings. The van der Waals surface area contributed by atoms with Crippen molar-refractivity contribution in [1.29, 1.82) is 0 Å². The highest BCUT2D eigenvalue weighted by Crippen LogP contribution is 1.93. The molecule has 0 aliphatic carbocycles. The van der Waals surface area contributed by atoms with Crippen LogP contribution >= 0.6 is 8.25 Å². The zero-order valence-corrected chi connectivity index (χ0v) is 8.35. The summed E-state index contributed by atoms with van der Waals surface area (Å²) in [6.07, 6.45) is 4.40. The van der Waals surface area contributed by atoms with Crippen LogP contribution in [-0.4, -0.2) is 24.5 Å². The largest absolute Gasteiger partial charge is 0.567 e. The van der Waals surface area contributed by atoms with Gasteiger partial charge in [0.15, 0.2) is 0 Å². The third-order valence-corrected chi connectivity index (χ3v) is 2.06. The Labute approximate surface area is 74.2 Å². The van der Waals surface area contributed by atoms with Gasteiger partial charge in [-0.1, -0.05) is 0 Å². The van der Waals surface area contributed by atoms with Gasteiger partial charge < -0.3 is 9.79 Å². The molecule has 1 aliphatic heterocycles. The van der Waals surface area contributed by atoms with E-state index >= 15 is 0 Å². The Balaban J connectivity index is 0.000000261. The zero-order valence-electron chi connectivity index (χ0n) is 7.45. The third-order valence-electron chi connectivity index (χ3n) is 2.06. The molecule has 0 radical (unpaired) electrons. The van der Waals surface area contributed by atoms with E-state index in [1.165, 1.54) is 38.9 Å². The van der Waals surface area contributed by atoms with E-state index < -0.39 is 8.25 Å². The van der Waals surface area contributed by atoms with E-state index in [9.17, 15) is 0 Å². The van der Waals surface area contributed by atoms with Gasteiger partial charge in [-0.05, 0) is 30.8 Å². The van der Waals surface area contributed by atoms with Gasteiger partial charge in [-0.15, -0.1) is 0 Å². The van der Waals surface area contributed by atoms with Crippen molar-refractivity contribution in [2.24, 2.45) is 0 Å². The van der Waals surface area contributed by atoms with Gasteiger partial charge in [0.2, 0.25) is 0 Å². The van der Waals surface area contributed by atoms with Crippen LogP contribution < -0.4 is 9.79 Å². The minimum absolute atomic E-state index is 1.33. The van der Waals surface area contributed by atoms with Crippen molar-refractivity contribution >= 4 is 8.25 Å². The Hall–Kier alpha value is -0.0200. The molecule has 0 saturated carbocycles. The van der Waals surface area contributed by atoms with Crippen molar-refractivity contribution in [3.8, 4) is 0 Å². The monoisotopic (exact) mass is 194 g/mol.